The third kappa shape index (κ3) is 1.12. The van der Waals surface area contributed by atoms with Gasteiger partial charge < -0.3 is 11.5 Å². The SMILES string of the molecule is CC1CC1N=C(N)N. The van der Waals surface area contributed by atoms with Crippen molar-refractivity contribution >= 4 is 5.96 Å². The molecule has 0 aliphatic heterocycles. The minimum atomic E-state index is 0.222. The fraction of sp³-hybridized carbons (Fsp3) is 0.800. The van der Waals surface area contributed by atoms with E-state index in [4.69, 9.17) is 11.5 Å². The third-order valence-corrected chi connectivity index (χ3v) is 1.38. The molecule has 0 saturated heterocycles. The molecule has 0 heterocycles. The molecule has 0 bridgehead atoms. The highest BCUT2D eigenvalue weighted by atomic mass is 15.0. The second-order valence-electron chi connectivity index (χ2n) is 2.33. The Morgan fingerprint density at radius 1 is 1.62 bits per heavy atom. The summed E-state index contributed by atoms with van der Waals surface area (Å²) >= 11 is 0. The molecule has 2 atom stereocenters. The first-order valence-electron chi connectivity index (χ1n) is 2.79. The molecule has 1 saturated carbocycles. The van der Waals surface area contributed by atoms with Gasteiger partial charge in [0.25, 0.3) is 0 Å². The number of aliphatic imine (C=N–C) groups is 1. The van der Waals surface area contributed by atoms with E-state index >= 15 is 0 Å². The first kappa shape index (κ1) is 5.41. The summed E-state index contributed by atoms with van der Waals surface area (Å²) in [6, 6.07) is 0.431. The standard InChI is InChI=1S/C5H11N3/c1-3-2-4(3)8-5(6)7/h3-4H,2H2,1H3,(H4,6,7,8). The smallest absolute Gasteiger partial charge is 0.186 e. The van der Waals surface area contributed by atoms with Gasteiger partial charge in [-0.2, -0.15) is 0 Å². The van der Waals surface area contributed by atoms with Crippen LogP contribution in [-0.4, -0.2) is 12.0 Å². The van der Waals surface area contributed by atoms with Crippen LogP contribution in [0.5, 0.6) is 0 Å². The number of guanidine groups is 1. The molecule has 1 fully saturated rings. The molecule has 1 aliphatic carbocycles. The highest BCUT2D eigenvalue weighted by molar-refractivity contribution is 5.76. The van der Waals surface area contributed by atoms with Crippen molar-refractivity contribution in [3.05, 3.63) is 0 Å². The topological polar surface area (TPSA) is 64.4 Å². The normalized spacial score (nSPS) is 34.1. The summed E-state index contributed by atoms with van der Waals surface area (Å²) in [5.74, 6) is 0.927. The molecular formula is C5H11N3. The second-order valence-corrected chi connectivity index (χ2v) is 2.33. The number of nitrogens with zero attached hydrogens (tertiary/aromatic N) is 1. The highest BCUT2D eigenvalue weighted by Crippen LogP contribution is 2.32. The zero-order valence-corrected chi connectivity index (χ0v) is 4.96. The molecule has 3 heteroatoms. The predicted molar refractivity (Wildman–Crippen MR) is 33.4 cm³/mol. The Hall–Kier alpha value is -0.730. The van der Waals surface area contributed by atoms with Gasteiger partial charge in [0.15, 0.2) is 5.96 Å². The molecule has 0 aromatic rings. The summed E-state index contributed by atoms with van der Waals surface area (Å²) < 4.78 is 0. The zero-order chi connectivity index (χ0) is 6.15. The minimum Gasteiger partial charge on any atom is -0.370 e. The van der Waals surface area contributed by atoms with Gasteiger partial charge in [0.05, 0.1) is 6.04 Å². The maximum Gasteiger partial charge on any atom is 0.186 e. The number of nitrogens with two attached hydrogens (primary N) is 2. The van der Waals surface area contributed by atoms with Crippen LogP contribution in [-0.2, 0) is 0 Å². The average molecular weight is 113 g/mol. The van der Waals surface area contributed by atoms with Crippen LogP contribution in [0, 0.1) is 5.92 Å². The molecular weight excluding hydrogens is 102 g/mol. The van der Waals surface area contributed by atoms with Crippen molar-refractivity contribution in [3.63, 3.8) is 0 Å². The maximum atomic E-state index is 5.12. The van der Waals surface area contributed by atoms with Crippen LogP contribution in [0.25, 0.3) is 0 Å². The van der Waals surface area contributed by atoms with Gasteiger partial charge in [0.2, 0.25) is 0 Å². The van der Waals surface area contributed by atoms with Crippen molar-refractivity contribution in [1.82, 2.24) is 0 Å². The molecule has 8 heavy (non-hydrogen) atoms. The van der Waals surface area contributed by atoms with Gasteiger partial charge in [0, 0.05) is 0 Å². The summed E-state index contributed by atoms with van der Waals surface area (Å²) in [7, 11) is 0. The fourth-order valence-electron chi connectivity index (χ4n) is 0.674. The van der Waals surface area contributed by atoms with Crippen molar-refractivity contribution in [2.45, 2.75) is 19.4 Å². The highest BCUT2D eigenvalue weighted by Gasteiger charge is 2.31. The van der Waals surface area contributed by atoms with E-state index in [1.807, 2.05) is 0 Å². The summed E-state index contributed by atoms with van der Waals surface area (Å²) in [5, 5.41) is 0. The van der Waals surface area contributed by atoms with Gasteiger partial charge in [-0.05, 0) is 12.3 Å². The van der Waals surface area contributed by atoms with E-state index in [2.05, 4.69) is 11.9 Å². The Labute approximate surface area is 48.8 Å². The van der Waals surface area contributed by atoms with Gasteiger partial charge in [0.1, 0.15) is 0 Å². The molecule has 3 nitrogen and oxygen atoms in total. The summed E-state index contributed by atoms with van der Waals surface area (Å²) in [6.45, 7) is 2.14. The molecule has 0 spiro atoms. The van der Waals surface area contributed by atoms with Crippen molar-refractivity contribution in [3.8, 4) is 0 Å². The quantitative estimate of drug-likeness (QED) is 0.361. The van der Waals surface area contributed by atoms with Gasteiger partial charge in [-0.25, -0.2) is 0 Å². The Balaban J connectivity index is 2.32. The largest absolute Gasteiger partial charge is 0.370 e. The lowest BCUT2D eigenvalue weighted by atomic mass is 10.5. The number of hydrogen-bond acceptors (Lipinski definition) is 1. The van der Waals surface area contributed by atoms with Gasteiger partial charge in [-0.1, -0.05) is 6.92 Å². The first-order chi connectivity index (χ1) is 3.70. The van der Waals surface area contributed by atoms with Gasteiger partial charge in [-0.15, -0.1) is 0 Å². The molecule has 0 aromatic carbocycles. The number of rotatable bonds is 1. The molecule has 2 unspecified atom stereocenters. The van der Waals surface area contributed by atoms with Crippen LogP contribution in [0.15, 0.2) is 4.99 Å². The van der Waals surface area contributed by atoms with Crippen molar-refractivity contribution in [2.24, 2.45) is 22.4 Å². The maximum absolute atomic E-state index is 5.12. The van der Waals surface area contributed by atoms with Crippen LogP contribution in [0.1, 0.15) is 13.3 Å². The molecule has 0 aromatic heterocycles. The third-order valence-electron chi connectivity index (χ3n) is 1.38. The minimum absolute atomic E-state index is 0.222. The number of hydrogen-bond donors (Lipinski definition) is 2. The lowest BCUT2D eigenvalue weighted by Gasteiger charge is -1.86. The molecule has 0 radical (unpaired) electrons. The van der Waals surface area contributed by atoms with Crippen LogP contribution in [0.3, 0.4) is 0 Å². The summed E-state index contributed by atoms with van der Waals surface area (Å²) in [5.41, 5.74) is 10.2. The van der Waals surface area contributed by atoms with Crippen LogP contribution < -0.4 is 11.5 Å². The van der Waals surface area contributed by atoms with Crippen molar-refractivity contribution in [1.29, 1.82) is 0 Å². The Kier molecular flexibility index (Phi) is 1.12. The lowest BCUT2D eigenvalue weighted by molar-refractivity contribution is 0.892. The zero-order valence-electron chi connectivity index (χ0n) is 4.96. The predicted octanol–water partition coefficient (Wildman–Crippen LogP) is -0.332. The van der Waals surface area contributed by atoms with E-state index in [-0.39, 0.29) is 5.96 Å². The van der Waals surface area contributed by atoms with E-state index in [0.29, 0.717) is 12.0 Å². The van der Waals surface area contributed by atoms with E-state index in [1.54, 1.807) is 0 Å². The molecule has 46 valence electrons. The molecule has 0 amide bonds. The Morgan fingerprint density at radius 2 is 2.12 bits per heavy atom. The van der Waals surface area contributed by atoms with E-state index in [9.17, 15) is 0 Å². The fourth-order valence-corrected chi connectivity index (χ4v) is 0.674. The van der Waals surface area contributed by atoms with Crippen molar-refractivity contribution < 1.29 is 0 Å². The Bertz CT molecular complexity index is 115. The second kappa shape index (κ2) is 1.65. The van der Waals surface area contributed by atoms with Crippen LogP contribution >= 0.6 is 0 Å². The monoisotopic (exact) mass is 113 g/mol. The van der Waals surface area contributed by atoms with Gasteiger partial charge in [-0.3, -0.25) is 4.99 Å². The van der Waals surface area contributed by atoms with Crippen molar-refractivity contribution in [2.75, 3.05) is 0 Å². The lowest BCUT2D eigenvalue weighted by Crippen LogP contribution is -2.23. The first-order valence-corrected chi connectivity index (χ1v) is 2.79. The van der Waals surface area contributed by atoms with Crippen LogP contribution in [0.4, 0.5) is 0 Å². The van der Waals surface area contributed by atoms with Crippen LogP contribution in [0.2, 0.25) is 0 Å². The van der Waals surface area contributed by atoms with E-state index in [1.165, 1.54) is 0 Å². The molecule has 1 aliphatic rings. The summed E-state index contributed by atoms with van der Waals surface area (Å²) in [6.07, 6.45) is 1.15. The van der Waals surface area contributed by atoms with E-state index in [0.717, 1.165) is 6.42 Å². The summed E-state index contributed by atoms with van der Waals surface area (Å²) in [4.78, 5) is 3.94. The molecule has 4 N–H and O–H groups in total. The van der Waals surface area contributed by atoms with Gasteiger partial charge >= 0.3 is 0 Å². The Morgan fingerprint density at radius 3 is 2.25 bits per heavy atom. The average Bonchev–Trinajstić information content (AvgIpc) is 2.17. The van der Waals surface area contributed by atoms with E-state index < -0.39 is 0 Å². The molecule has 1 rings (SSSR count).